The molecule has 1 atom stereocenters. The summed E-state index contributed by atoms with van der Waals surface area (Å²) in [6.07, 6.45) is 0. The van der Waals surface area contributed by atoms with Gasteiger partial charge in [0.25, 0.3) is 0 Å². The highest BCUT2D eigenvalue weighted by atomic mass is 28.3. The van der Waals surface area contributed by atoms with Gasteiger partial charge >= 0.3 is 0 Å². The van der Waals surface area contributed by atoms with Crippen LogP contribution in [0.15, 0.2) is 0 Å². The van der Waals surface area contributed by atoms with E-state index in [-0.39, 0.29) is 0 Å². The number of morpholine rings is 1. The first kappa shape index (κ1) is 10.2. The Morgan fingerprint density at radius 3 is 2.58 bits per heavy atom. The molecule has 1 fully saturated rings. The van der Waals surface area contributed by atoms with Crippen LogP contribution in [-0.2, 0) is 4.74 Å². The van der Waals surface area contributed by atoms with Crippen molar-refractivity contribution in [1.82, 2.24) is 4.90 Å². The molecule has 0 aliphatic carbocycles. The summed E-state index contributed by atoms with van der Waals surface area (Å²) in [5, 5.41) is 0. The zero-order valence-corrected chi connectivity index (χ0v) is 9.70. The van der Waals surface area contributed by atoms with E-state index in [1.165, 1.54) is 12.1 Å². The van der Waals surface area contributed by atoms with Crippen molar-refractivity contribution in [2.24, 2.45) is 0 Å². The van der Waals surface area contributed by atoms with E-state index in [4.69, 9.17) is 4.74 Å². The lowest BCUT2D eigenvalue weighted by atomic mass is 10.5. The van der Waals surface area contributed by atoms with Crippen LogP contribution in [0.5, 0.6) is 0 Å². The van der Waals surface area contributed by atoms with Gasteiger partial charge in [-0.3, -0.25) is 0 Å². The topological polar surface area (TPSA) is 12.5 Å². The molecule has 0 bridgehead atoms. The van der Waals surface area contributed by atoms with Gasteiger partial charge in [0.05, 0.1) is 22.0 Å². The molecule has 0 saturated carbocycles. The molecule has 0 aromatic carbocycles. The summed E-state index contributed by atoms with van der Waals surface area (Å²) < 4.78 is 5.53. The molecule has 1 heterocycles. The van der Waals surface area contributed by atoms with E-state index in [2.05, 4.69) is 25.8 Å². The fourth-order valence-corrected chi connectivity index (χ4v) is 4.98. The molecule has 0 aromatic rings. The molecule has 1 aliphatic rings. The van der Waals surface area contributed by atoms with Crippen LogP contribution >= 0.6 is 0 Å². The molecule has 0 N–H and O–H groups in total. The lowest BCUT2D eigenvalue weighted by Gasteiger charge is -2.36. The smallest absolute Gasteiger partial charge is 0.0594 e. The molecule has 0 spiro atoms. The molecule has 0 amide bonds. The van der Waals surface area contributed by atoms with Crippen LogP contribution in [0.2, 0.25) is 12.1 Å². The second-order valence-corrected chi connectivity index (χ2v) is 7.62. The van der Waals surface area contributed by atoms with Crippen molar-refractivity contribution >= 4 is 8.80 Å². The molecule has 0 radical (unpaired) electrons. The van der Waals surface area contributed by atoms with Gasteiger partial charge in [-0.1, -0.05) is 25.9 Å². The normalized spacial score (nSPS) is 26.5. The highest BCUT2D eigenvalue weighted by molar-refractivity contribution is 6.60. The largest absolute Gasteiger partial charge is 0.379 e. The second kappa shape index (κ2) is 4.99. The van der Waals surface area contributed by atoms with Gasteiger partial charge in [0, 0.05) is 12.2 Å². The predicted molar refractivity (Wildman–Crippen MR) is 55.3 cm³/mol. The summed E-state index contributed by atoms with van der Waals surface area (Å²) in [7, 11) is 1.72. The van der Waals surface area contributed by atoms with Crippen LogP contribution < -0.4 is 0 Å². The Balaban J connectivity index is 2.45. The molecule has 1 saturated heterocycles. The highest BCUT2D eigenvalue weighted by Crippen LogP contribution is 2.13. The van der Waals surface area contributed by atoms with Crippen molar-refractivity contribution in [3.63, 3.8) is 0 Å². The van der Waals surface area contributed by atoms with Crippen LogP contribution in [0.1, 0.15) is 13.8 Å². The summed E-state index contributed by atoms with van der Waals surface area (Å²) >= 11 is 0. The van der Waals surface area contributed by atoms with E-state index in [0.29, 0.717) is 0 Å². The first-order valence-corrected chi connectivity index (χ1v) is 7.37. The number of hydrogen-bond acceptors (Lipinski definition) is 2. The Bertz CT molecular complexity index is 128. The van der Waals surface area contributed by atoms with Crippen molar-refractivity contribution in [3.05, 3.63) is 0 Å². The lowest BCUT2D eigenvalue weighted by molar-refractivity contribution is 0.0320. The Kier molecular flexibility index (Phi) is 4.25. The molecule has 2 nitrogen and oxygen atoms in total. The summed E-state index contributed by atoms with van der Waals surface area (Å²) in [6.45, 7) is 7.73. The summed E-state index contributed by atoms with van der Waals surface area (Å²) in [4.78, 5) is 2.51. The van der Waals surface area contributed by atoms with E-state index >= 15 is 0 Å². The number of rotatable bonds is 3. The standard InChI is InChI=1S/C9H21NOSi/c1-4-12(5-2)9-8-11-7-6-10(9)3/h9,12H,4-8H2,1-3H3. The lowest BCUT2D eigenvalue weighted by Crippen LogP contribution is -2.51. The van der Waals surface area contributed by atoms with E-state index in [9.17, 15) is 0 Å². The van der Waals surface area contributed by atoms with Crippen LogP contribution in [-0.4, -0.2) is 46.2 Å². The second-order valence-electron chi connectivity index (χ2n) is 3.70. The summed E-state index contributed by atoms with van der Waals surface area (Å²) in [5.41, 5.74) is 0.800. The molecule has 0 aromatic heterocycles. The average Bonchev–Trinajstić information content (AvgIpc) is 2.10. The predicted octanol–water partition coefficient (Wildman–Crippen LogP) is 1.12. The maximum atomic E-state index is 5.53. The molecular formula is C9H21NOSi. The third kappa shape index (κ3) is 2.31. The minimum atomic E-state index is -0.530. The SMILES string of the molecule is CC[SiH](CC)C1COCCN1C. The molecular weight excluding hydrogens is 166 g/mol. The van der Waals surface area contributed by atoms with Crippen LogP contribution in [0.3, 0.4) is 0 Å². The van der Waals surface area contributed by atoms with Crippen LogP contribution in [0.4, 0.5) is 0 Å². The van der Waals surface area contributed by atoms with Gasteiger partial charge in [0.15, 0.2) is 0 Å². The van der Waals surface area contributed by atoms with Crippen LogP contribution in [0, 0.1) is 0 Å². The molecule has 1 rings (SSSR count). The van der Waals surface area contributed by atoms with Gasteiger partial charge in [-0.2, -0.15) is 0 Å². The Morgan fingerprint density at radius 2 is 2.08 bits per heavy atom. The van der Waals surface area contributed by atoms with Gasteiger partial charge in [-0.15, -0.1) is 0 Å². The van der Waals surface area contributed by atoms with Gasteiger partial charge in [0.1, 0.15) is 0 Å². The van der Waals surface area contributed by atoms with E-state index in [0.717, 1.165) is 25.4 Å². The fourth-order valence-electron chi connectivity index (χ4n) is 2.03. The summed E-state index contributed by atoms with van der Waals surface area (Å²) in [5.74, 6) is 0. The van der Waals surface area contributed by atoms with Gasteiger partial charge in [-0.25, -0.2) is 0 Å². The molecule has 3 heteroatoms. The van der Waals surface area contributed by atoms with Crippen molar-refractivity contribution < 1.29 is 4.74 Å². The maximum Gasteiger partial charge on any atom is 0.0594 e. The van der Waals surface area contributed by atoms with E-state index in [1.807, 2.05) is 0 Å². The minimum Gasteiger partial charge on any atom is -0.379 e. The number of hydrogen-bond donors (Lipinski definition) is 0. The highest BCUT2D eigenvalue weighted by Gasteiger charge is 2.26. The number of ether oxygens (including phenoxy) is 1. The molecule has 1 aliphatic heterocycles. The van der Waals surface area contributed by atoms with Gasteiger partial charge < -0.3 is 9.64 Å². The Labute approximate surface area is 77.5 Å². The van der Waals surface area contributed by atoms with Crippen LogP contribution in [0.25, 0.3) is 0 Å². The third-order valence-corrected chi connectivity index (χ3v) is 6.92. The fraction of sp³-hybridized carbons (Fsp3) is 1.00. The molecule has 72 valence electrons. The van der Waals surface area contributed by atoms with Gasteiger partial charge in [-0.05, 0) is 7.05 Å². The zero-order valence-electron chi connectivity index (χ0n) is 8.55. The first-order valence-electron chi connectivity index (χ1n) is 5.07. The monoisotopic (exact) mass is 187 g/mol. The number of nitrogens with zero attached hydrogens (tertiary/aromatic N) is 1. The average molecular weight is 187 g/mol. The van der Waals surface area contributed by atoms with Crippen molar-refractivity contribution in [1.29, 1.82) is 0 Å². The quantitative estimate of drug-likeness (QED) is 0.614. The maximum absolute atomic E-state index is 5.53. The van der Waals surface area contributed by atoms with Gasteiger partial charge in [0.2, 0.25) is 0 Å². The number of likely N-dealkylation sites (N-methyl/N-ethyl adjacent to an activating group) is 1. The Hall–Kier alpha value is 0.137. The minimum absolute atomic E-state index is 0.530. The zero-order chi connectivity index (χ0) is 8.97. The van der Waals surface area contributed by atoms with Crippen molar-refractivity contribution in [2.45, 2.75) is 31.6 Å². The third-order valence-electron chi connectivity index (χ3n) is 3.04. The first-order chi connectivity index (χ1) is 5.79. The van der Waals surface area contributed by atoms with E-state index < -0.39 is 8.80 Å². The van der Waals surface area contributed by atoms with Crippen molar-refractivity contribution in [2.75, 3.05) is 26.8 Å². The van der Waals surface area contributed by atoms with E-state index in [1.54, 1.807) is 0 Å². The summed E-state index contributed by atoms with van der Waals surface area (Å²) in [6, 6.07) is 2.82. The Morgan fingerprint density at radius 1 is 1.42 bits per heavy atom. The molecule has 1 unspecified atom stereocenters. The molecule has 12 heavy (non-hydrogen) atoms. The van der Waals surface area contributed by atoms with Crippen molar-refractivity contribution in [3.8, 4) is 0 Å².